The van der Waals surface area contributed by atoms with Gasteiger partial charge in [-0.15, -0.1) is 0 Å². The first-order valence-corrected chi connectivity index (χ1v) is 8.43. The highest BCUT2D eigenvalue weighted by Gasteiger charge is 2.11. The number of halogens is 1. The number of rotatable bonds is 4. The summed E-state index contributed by atoms with van der Waals surface area (Å²) in [4.78, 5) is 28.5. The SMILES string of the molecule is Cc1ccc(-c2ccc(=O)n(CC(=O)Nc3ccn4ncnc4c3)n2)c(F)c1. The summed E-state index contributed by atoms with van der Waals surface area (Å²) in [6, 6.07) is 10.7. The van der Waals surface area contributed by atoms with Gasteiger partial charge in [-0.25, -0.2) is 18.6 Å². The molecule has 0 aliphatic heterocycles. The third-order valence-corrected chi connectivity index (χ3v) is 4.12. The molecule has 9 heteroatoms. The molecule has 3 aromatic heterocycles. The highest BCUT2D eigenvalue weighted by molar-refractivity contribution is 5.90. The third kappa shape index (κ3) is 3.50. The number of pyridine rings is 1. The fourth-order valence-corrected chi connectivity index (χ4v) is 2.76. The van der Waals surface area contributed by atoms with Gasteiger partial charge in [0.2, 0.25) is 5.91 Å². The van der Waals surface area contributed by atoms with Crippen LogP contribution in [-0.2, 0) is 11.3 Å². The molecule has 4 aromatic rings. The smallest absolute Gasteiger partial charge is 0.267 e. The normalized spacial score (nSPS) is 10.9. The van der Waals surface area contributed by atoms with Gasteiger partial charge in [-0.3, -0.25) is 9.59 Å². The van der Waals surface area contributed by atoms with E-state index in [1.54, 1.807) is 41.9 Å². The van der Waals surface area contributed by atoms with Crippen molar-refractivity contribution >= 4 is 17.2 Å². The summed E-state index contributed by atoms with van der Waals surface area (Å²) in [5.41, 5.74) is 1.94. The molecular formula is C19H15FN6O2. The molecule has 8 nitrogen and oxygen atoms in total. The highest BCUT2D eigenvalue weighted by Crippen LogP contribution is 2.20. The van der Waals surface area contributed by atoms with Crippen LogP contribution in [0.4, 0.5) is 10.1 Å². The molecule has 4 rings (SSSR count). The Morgan fingerprint density at radius 2 is 2.04 bits per heavy atom. The highest BCUT2D eigenvalue weighted by atomic mass is 19.1. The van der Waals surface area contributed by atoms with Crippen LogP contribution >= 0.6 is 0 Å². The van der Waals surface area contributed by atoms with E-state index in [2.05, 4.69) is 20.5 Å². The number of carbonyl (C=O) groups is 1. The lowest BCUT2D eigenvalue weighted by Crippen LogP contribution is -2.29. The van der Waals surface area contributed by atoms with Gasteiger partial charge in [0.15, 0.2) is 5.65 Å². The first-order valence-electron chi connectivity index (χ1n) is 8.43. The molecule has 0 atom stereocenters. The lowest BCUT2D eigenvalue weighted by molar-refractivity contribution is -0.117. The second kappa shape index (κ2) is 7.03. The lowest BCUT2D eigenvalue weighted by atomic mass is 10.1. The number of aryl methyl sites for hydroxylation is 1. The molecule has 0 radical (unpaired) electrons. The second-order valence-electron chi connectivity index (χ2n) is 6.22. The van der Waals surface area contributed by atoms with Gasteiger partial charge >= 0.3 is 0 Å². The first-order chi connectivity index (χ1) is 13.5. The van der Waals surface area contributed by atoms with Crippen LogP contribution in [0.1, 0.15) is 5.56 Å². The van der Waals surface area contributed by atoms with Gasteiger partial charge in [0.1, 0.15) is 18.7 Å². The van der Waals surface area contributed by atoms with Crippen molar-refractivity contribution in [3.63, 3.8) is 0 Å². The van der Waals surface area contributed by atoms with E-state index in [1.807, 2.05) is 0 Å². The molecule has 0 aliphatic carbocycles. The summed E-state index contributed by atoms with van der Waals surface area (Å²) in [5, 5.41) is 10.8. The number of fused-ring (bicyclic) bond motifs is 1. The van der Waals surface area contributed by atoms with Crippen LogP contribution in [0.3, 0.4) is 0 Å². The monoisotopic (exact) mass is 378 g/mol. The zero-order valence-electron chi connectivity index (χ0n) is 14.8. The quantitative estimate of drug-likeness (QED) is 0.586. The van der Waals surface area contributed by atoms with Crippen LogP contribution < -0.4 is 10.9 Å². The topological polar surface area (TPSA) is 94.2 Å². The molecule has 1 N–H and O–H groups in total. The average Bonchev–Trinajstić information content (AvgIpc) is 3.11. The van der Waals surface area contributed by atoms with Gasteiger partial charge in [0, 0.05) is 29.6 Å². The van der Waals surface area contributed by atoms with Crippen molar-refractivity contribution in [2.45, 2.75) is 13.5 Å². The van der Waals surface area contributed by atoms with Crippen LogP contribution in [0.2, 0.25) is 0 Å². The van der Waals surface area contributed by atoms with Gasteiger partial charge in [0.25, 0.3) is 5.56 Å². The molecule has 0 aliphatic rings. The van der Waals surface area contributed by atoms with Gasteiger partial charge in [-0.2, -0.15) is 10.2 Å². The van der Waals surface area contributed by atoms with Gasteiger partial charge in [-0.1, -0.05) is 6.07 Å². The molecule has 0 saturated heterocycles. The minimum absolute atomic E-state index is 0.261. The average molecular weight is 378 g/mol. The Morgan fingerprint density at radius 1 is 1.18 bits per heavy atom. The fourth-order valence-electron chi connectivity index (χ4n) is 2.76. The molecule has 0 saturated carbocycles. The molecule has 0 unspecified atom stereocenters. The minimum atomic E-state index is -0.459. The van der Waals surface area contributed by atoms with Gasteiger partial charge in [0.05, 0.1) is 5.69 Å². The number of aromatic nitrogens is 5. The van der Waals surface area contributed by atoms with E-state index in [0.29, 0.717) is 11.3 Å². The van der Waals surface area contributed by atoms with Crippen LogP contribution in [0.25, 0.3) is 16.9 Å². The summed E-state index contributed by atoms with van der Waals surface area (Å²) in [7, 11) is 0. The Hall–Kier alpha value is -3.88. The number of carbonyl (C=O) groups excluding carboxylic acids is 1. The van der Waals surface area contributed by atoms with Crippen LogP contribution in [0.15, 0.2) is 59.8 Å². The van der Waals surface area contributed by atoms with E-state index < -0.39 is 17.3 Å². The van der Waals surface area contributed by atoms with Crippen molar-refractivity contribution < 1.29 is 9.18 Å². The summed E-state index contributed by atoms with van der Waals surface area (Å²) < 4.78 is 16.8. The predicted molar refractivity (Wildman–Crippen MR) is 100 cm³/mol. The van der Waals surface area contributed by atoms with Crippen LogP contribution in [0.5, 0.6) is 0 Å². The van der Waals surface area contributed by atoms with Crippen molar-refractivity contribution in [2.75, 3.05) is 5.32 Å². The molecule has 0 fully saturated rings. The van der Waals surface area contributed by atoms with Gasteiger partial charge < -0.3 is 5.32 Å². The van der Waals surface area contributed by atoms with E-state index in [1.165, 1.54) is 24.5 Å². The summed E-state index contributed by atoms with van der Waals surface area (Å²) in [5.74, 6) is -0.885. The maximum absolute atomic E-state index is 14.2. The Kier molecular flexibility index (Phi) is 4.40. The zero-order valence-corrected chi connectivity index (χ0v) is 14.8. The molecule has 28 heavy (non-hydrogen) atoms. The van der Waals surface area contributed by atoms with Crippen molar-refractivity contribution in [1.29, 1.82) is 0 Å². The van der Waals surface area contributed by atoms with Crippen LogP contribution in [0, 0.1) is 12.7 Å². The third-order valence-electron chi connectivity index (χ3n) is 4.12. The van der Waals surface area contributed by atoms with E-state index in [4.69, 9.17) is 0 Å². The Morgan fingerprint density at radius 3 is 2.86 bits per heavy atom. The Balaban J connectivity index is 1.56. The number of nitrogens with one attached hydrogen (secondary N) is 1. The number of nitrogens with zero attached hydrogens (tertiary/aromatic N) is 5. The summed E-state index contributed by atoms with van der Waals surface area (Å²) in [6.07, 6.45) is 3.06. The number of hydrogen-bond donors (Lipinski definition) is 1. The number of amides is 1. The molecule has 3 heterocycles. The summed E-state index contributed by atoms with van der Waals surface area (Å²) in [6.45, 7) is 1.47. The molecule has 1 amide bonds. The molecule has 0 bridgehead atoms. The molecular weight excluding hydrogens is 363 g/mol. The van der Waals surface area contributed by atoms with Crippen molar-refractivity contribution in [2.24, 2.45) is 0 Å². The van der Waals surface area contributed by atoms with E-state index >= 15 is 0 Å². The molecule has 1 aromatic carbocycles. The van der Waals surface area contributed by atoms with Crippen molar-refractivity contribution in [1.82, 2.24) is 24.4 Å². The lowest BCUT2D eigenvalue weighted by Gasteiger charge is -2.09. The maximum atomic E-state index is 14.2. The molecule has 140 valence electrons. The van der Waals surface area contributed by atoms with E-state index in [-0.39, 0.29) is 17.8 Å². The van der Waals surface area contributed by atoms with E-state index in [0.717, 1.165) is 10.2 Å². The largest absolute Gasteiger partial charge is 0.324 e. The van der Waals surface area contributed by atoms with E-state index in [9.17, 15) is 14.0 Å². The Bertz CT molecular complexity index is 1250. The summed E-state index contributed by atoms with van der Waals surface area (Å²) >= 11 is 0. The standard InChI is InChI=1S/C19H15FN6O2/c1-12-2-3-14(15(20)8-12)16-4-5-19(28)26(24-16)10-18(27)23-13-6-7-25-17(9-13)21-11-22-25/h2-9,11H,10H2,1H3,(H,23,27). The van der Waals surface area contributed by atoms with Crippen molar-refractivity contribution in [3.05, 3.63) is 76.7 Å². The second-order valence-corrected chi connectivity index (χ2v) is 6.22. The fraction of sp³-hybridized carbons (Fsp3) is 0.105. The van der Waals surface area contributed by atoms with Crippen LogP contribution in [-0.4, -0.2) is 30.3 Å². The van der Waals surface area contributed by atoms with Gasteiger partial charge in [-0.05, 0) is 36.8 Å². The zero-order chi connectivity index (χ0) is 19.7. The predicted octanol–water partition coefficient (Wildman–Crippen LogP) is 2.04. The van der Waals surface area contributed by atoms with Crippen molar-refractivity contribution in [3.8, 4) is 11.3 Å². The number of anilines is 1. The Labute approximate surface area is 158 Å². The maximum Gasteiger partial charge on any atom is 0.267 e. The minimum Gasteiger partial charge on any atom is -0.324 e. The molecule has 0 spiro atoms. The first kappa shape index (κ1) is 17.5. The number of hydrogen-bond acceptors (Lipinski definition) is 5. The number of benzene rings is 1.